The van der Waals surface area contributed by atoms with Crippen molar-refractivity contribution in [3.63, 3.8) is 0 Å². The minimum absolute atomic E-state index is 0.0122. The van der Waals surface area contributed by atoms with Gasteiger partial charge in [-0.1, -0.05) is 18.2 Å². The molecule has 0 heterocycles. The van der Waals surface area contributed by atoms with Crippen molar-refractivity contribution in [2.75, 3.05) is 5.32 Å². The van der Waals surface area contributed by atoms with E-state index in [1.807, 2.05) is 32.0 Å². The molecule has 2 N–H and O–H groups in total. The number of ketones is 1. The average Bonchev–Trinajstić information content (AvgIpc) is 2.30. The van der Waals surface area contributed by atoms with Crippen LogP contribution in [0.2, 0.25) is 0 Å². The minimum atomic E-state index is -0.416. The Kier molecular flexibility index (Phi) is 5.23. The first-order valence-electron chi connectivity index (χ1n) is 6.06. The number of anilines is 1. The van der Waals surface area contributed by atoms with Crippen LogP contribution in [0.25, 0.3) is 0 Å². The van der Waals surface area contributed by atoms with E-state index in [1.54, 1.807) is 6.92 Å². The first-order chi connectivity index (χ1) is 8.90. The molecule has 0 bridgehead atoms. The maximum Gasteiger partial charge on any atom is 0.339 e. The van der Waals surface area contributed by atoms with Crippen LogP contribution in [0.15, 0.2) is 23.3 Å². The molecule has 2 amide bonds. The average molecular weight is 261 g/mol. The second-order valence-corrected chi connectivity index (χ2v) is 4.56. The Morgan fingerprint density at radius 3 is 2.26 bits per heavy atom. The largest absolute Gasteiger partial charge is 0.339 e. The number of urea groups is 1. The van der Waals surface area contributed by atoms with Gasteiger partial charge in [-0.3, -0.25) is 4.79 Å². The third kappa shape index (κ3) is 4.91. The molecule has 0 aliphatic heterocycles. The molecule has 1 aromatic rings. The third-order valence-corrected chi connectivity index (χ3v) is 2.57. The topological polar surface area (TPSA) is 70.6 Å². The molecular weight excluding hydrogens is 242 g/mol. The SMILES string of the molecule is CC(=O)C/C(C)=N/NC(=O)Nc1c(C)cccc1C. The molecule has 0 unspecified atom stereocenters. The number of hydrazone groups is 1. The van der Waals surface area contributed by atoms with Crippen LogP contribution in [0, 0.1) is 13.8 Å². The molecule has 1 aromatic carbocycles. The van der Waals surface area contributed by atoms with E-state index in [1.165, 1.54) is 6.92 Å². The van der Waals surface area contributed by atoms with Crippen LogP contribution in [0.3, 0.4) is 0 Å². The van der Waals surface area contributed by atoms with E-state index < -0.39 is 6.03 Å². The van der Waals surface area contributed by atoms with E-state index in [4.69, 9.17) is 0 Å². The number of carbonyl (C=O) groups excluding carboxylic acids is 2. The van der Waals surface area contributed by atoms with Gasteiger partial charge in [0, 0.05) is 17.8 Å². The van der Waals surface area contributed by atoms with Crippen LogP contribution < -0.4 is 10.7 Å². The first-order valence-corrected chi connectivity index (χ1v) is 6.06. The quantitative estimate of drug-likeness (QED) is 0.646. The van der Waals surface area contributed by atoms with E-state index in [2.05, 4.69) is 15.8 Å². The molecular formula is C14H19N3O2. The molecule has 102 valence electrons. The zero-order valence-corrected chi connectivity index (χ0v) is 11.7. The van der Waals surface area contributed by atoms with E-state index >= 15 is 0 Å². The summed E-state index contributed by atoms with van der Waals surface area (Å²) in [5.41, 5.74) is 5.70. The highest BCUT2D eigenvalue weighted by Gasteiger charge is 2.06. The summed E-state index contributed by atoms with van der Waals surface area (Å²) < 4.78 is 0. The van der Waals surface area contributed by atoms with Gasteiger partial charge >= 0.3 is 6.03 Å². The van der Waals surface area contributed by atoms with Gasteiger partial charge in [0.2, 0.25) is 0 Å². The van der Waals surface area contributed by atoms with Crippen molar-refractivity contribution < 1.29 is 9.59 Å². The molecule has 0 saturated heterocycles. The number of benzene rings is 1. The van der Waals surface area contributed by atoms with Gasteiger partial charge in [-0.05, 0) is 38.8 Å². The summed E-state index contributed by atoms with van der Waals surface area (Å²) in [5, 5.41) is 6.60. The van der Waals surface area contributed by atoms with Gasteiger partial charge < -0.3 is 5.32 Å². The summed E-state index contributed by atoms with van der Waals surface area (Å²) in [6, 6.07) is 5.36. The van der Waals surface area contributed by atoms with Gasteiger partial charge in [-0.2, -0.15) is 5.10 Å². The fraction of sp³-hybridized carbons (Fsp3) is 0.357. The molecule has 0 aliphatic carbocycles. The van der Waals surface area contributed by atoms with Crippen LogP contribution in [0.4, 0.5) is 10.5 Å². The highest BCUT2D eigenvalue weighted by molar-refractivity contribution is 6.00. The number of nitrogens with one attached hydrogen (secondary N) is 2. The van der Waals surface area contributed by atoms with Crippen LogP contribution >= 0.6 is 0 Å². The van der Waals surface area contributed by atoms with Crippen molar-refractivity contribution in [2.45, 2.75) is 34.1 Å². The number of carbonyl (C=O) groups is 2. The number of rotatable bonds is 4. The van der Waals surface area contributed by atoms with Crippen molar-refractivity contribution in [2.24, 2.45) is 5.10 Å². The zero-order chi connectivity index (χ0) is 14.4. The Morgan fingerprint density at radius 1 is 1.16 bits per heavy atom. The van der Waals surface area contributed by atoms with Gasteiger partial charge in [0.25, 0.3) is 0 Å². The van der Waals surface area contributed by atoms with Gasteiger partial charge in [0.05, 0.1) is 0 Å². The summed E-state index contributed by atoms with van der Waals surface area (Å²) in [5.74, 6) is 0.0122. The number of hydrogen-bond acceptors (Lipinski definition) is 3. The molecule has 0 aliphatic rings. The number of hydrogen-bond donors (Lipinski definition) is 2. The normalized spacial score (nSPS) is 11.1. The first kappa shape index (κ1) is 14.9. The zero-order valence-electron chi connectivity index (χ0n) is 11.7. The predicted molar refractivity (Wildman–Crippen MR) is 76.5 cm³/mol. The van der Waals surface area contributed by atoms with Crippen molar-refractivity contribution >= 4 is 23.2 Å². The van der Waals surface area contributed by atoms with Crippen molar-refractivity contribution in [3.05, 3.63) is 29.3 Å². The summed E-state index contributed by atoms with van der Waals surface area (Å²) >= 11 is 0. The van der Waals surface area contributed by atoms with Crippen LogP contribution in [0.5, 0.6) is 0 Å². The highest BCUT2D eigenvalue weighted by Crippen LogP contribution is 2.18. The van der Waals surface area contributed by atoms with Crippen LogP contribution in [0.1, 0.15) is 31.4 Å². The second kappa shape index (κ2) is 6.68. The van der Waals surface area contributed by atoms with Crippen molar-refractivity contribution in [1.82, 2.24) is 5.43 Å². The molecule has 19 heavy (non-hydrogen) atoms. The number of para-hydroxylation sites is 1. The highest BCUT2D eigenvalue weighted by atomic mass is 16.2. The van der Waals surface area contributed by atoms with E-state index in [9.17, 15) is 9.59 Å². The fourth-order valence-electron chi connectivity index (χ4n) is 1.70. The predicted octanol–water partition coefficient (Wildman–Crippen LogP) is 2.78. The van der Waals surface area contributed by atoms with Crippen molar-refractivity contribution in [3.8, 4) is 0 Å². The Hall–Kier alpha value is -2.17. The Bertz CT molecular complexity index is 501. The maximum atomic E-state index is 11.7. The van der Waals surface area contributed by atoms with Gasteiger partial charge in [-0.15, -0.1) is 0 Å². The summed E-state index contributed by atoms with van der Waals surface area (Å²) in [6.45, 7) is 7.02. The van der Waals surface area contributed by atoms with E-state index in [0.717, 1.165) is 16.8 Å². The van der Waals surface area contributed by atoms with Crippen LogP contribution in [-0.2, 0) is 4.79 Å². The standard InChI is InChI=1S/C14H19N3O2/c1-9-6-5-7-10(2)13(9)15-14(19)17-16-11(3)8-12(4)18/h5-7H,8H2,1-4H3,(H2,15,17,19)/b16-11+. The molecule has 0 atom stereocenters. The lowest BCUT2D eigenvalue weighted by Gasteiger charge is -2.10. The molecule has 0 aromatic heterocycles. The monoisotopic (exact) mass is 261 g/mol. The lowest BCUT2D eigenvalue weighted by atomic mass is 10.1. The maximum absolute atomic E-state index is 11.7. The van der Waals surface area contributed by atoms with Gasteiger partial charge in [0.15, 0.2) is 0 Å². The number of amides is 2. The van der Waals surface area contributed by atoms with Gasteiger partial charge in [-0.25, -0.2) is 10.2 Å². The summed E-state index contributed by atoms with van der Waals surface area (Å²) in [4.78, 5) is 22.6. The number of aryl methyl sites for hydroxylation is 2. The second-order valence-electron chi connectivity index (χ2n) is 4.56. The van der Waals surface area contributed by atoms with Crippen molar-refractivity contribution in [1.29, 1.82) is 0 Å². The lowest BCUT2D eigenvalue weighted by molar-refractivity contribution is -0.115. The molecule has 5 nitrogen and oxygen atoms in total. The summed E-state index contributed by atoms with van der Waals surface area (Å²) in [6.07, 6.45) is 0.240. The third-order valence-electron chi connectivity index (χ3n) is 2.57. The molecule has 5 heteroatoms. The Balaban J connectivity index is 2.64. The molecule has 0 fully saturated rings. The molecule has 0 spiro atoms. The molecule has 0 saturated carbocycles. The van der Waals surface area contributed by atoms with Crippen LogP contribution in [-0.4, -0.2) is 17.5 Å². The number of nitrogens with zero attached hydrogens (tertiary/aromatic N) is 1. The summed E-state index contributed by atoms with van der Waals surface area (Å²) in [7, 11) is 0. The lowest BCUT2D eigenvalue weighted by Crippen LogP contribution is -2.26. The van der Waals surface area contributed by atoms with Gasteiger partial charge in [0.1, 0.15) is 5.78 Å². The van der Waals surface area contributed by atoms with E-state index in [-0.39, 0.29) is 12.2 Å². The fourth-order valence-corrected chi connectivity index (χ4v) is 1.70. The number of Topliss-reactive ketones (excluding diaryl/α,β-unsaturated/α-hetero) is 1. The molecule has 1 rings (SSSR count). The molecule has 0 radical (unpaired) electrons. The smallest absolute Gasteiger partial charge is 0.306 e. The minimum Gasteiger partial charge on any atom is -0.306 e. The Morgan fingerprint density at radius 2 is 1.74 bits per heavy atom. The Labute approximate surface area is 113 Å². The van der Waals surface area contributed by atoms with E-state index in [0.29, 0.717) is 5.71 Å².